The summed E-state index contributed by atoms with van der Waals surface area (Å²) in [4.78, 5) is 12.5. The second kappa shape index (κ2) is 6.19. The Bertz CT molecular complexity index is 582. The summed E-state index contributed by atoms with van der Waals surface area (Å²) in [6.45, 7) is 2.66. The molecule has 1 aromatic carbocycles. The van der Waals surface area contributed by atoms with Crippen LogP contribution in [0.5, 0.6) is 0 Å². The Morgan fingerprint density at radius 3 is 2.74 bits per heavy atom. The van der Waals surface area contributed by atoms with Crippen molar-refractivity contribution in [1.82, 2.24) is 5.32 Å². The molecular formula is C14H15ClN2OS. The van der Waals surface area contributed by atoms with Crippen LogP contribution in [0, 0.1) is 0 Å². The van der Waals surface area contributed by atoms with E-state index in [0.29, 0.717) is 12.1 Å². The fraction of sp³-hybridized carbons (Fsp3) is 0.214. The Morgan fingerprint density at radius 2 is 2.11 bits per heavy atom. The van der Waals surface area contributed by atoms with Crippen LogP contribution >= 0.6 is 22.9 Å². The molecule has 0 fully saturated rings. The van der Waals surface area contributed by atoms with Gasteiger partial charge in [0.2, 0.25) is 5.91 Å². The first-order valence-corrected chi connectivity index (χ1v) is 7.13. The van der Waals surface area contributed by atoms with Crippen LogP contribution in [-0.2, 0) is 6.54 Å². The summed E-state index contributed by atoms with van der Waals surface area (Å²) in [5.74, 6) is -0.399. The van der Waals surface area contributed by atoms with Crippen LogP contribution < -0.4 is 11.1 Å². The van der Waals surface area contributed by atoms with E-state index in [4.69, 9.17) is 17.3 Å². The van der Waals surface area contributed by atoms with Crippen molar-refractivity contribution >= 4 is 28.8 Å². The van der Waals surface area contributed by atoms with Crippen LogP contribution in [0.4, 0.5) is 0 Å². The van der Waals surface area contributed by atoms with Gasteiger partial charge in [-0.2, -0.15) is 0 Å². The van der Waals surface area contributed by atoms with Gasteiger partial charge in [0.05, 0.1) is 4.34 Å². The van der Waals surface area contributed by atoms with Gasteiger partial charge in [-0.15, -0.1) is 11.3 Å². The first-order valence-electron chi connectivity index (χ1n) is 5.94. The lowest BCUT2D eigenvalue weighted by atomic mass is 10.1. The Hall–Kier alpha value is -1.36. The van der Waals surface area contributed by atoms with Gasteiger partial charge >= 0.3 is 0 Å². The second-order valence-corrected chi connectivity index (χ2v) is 6.01. The molecule has 5 heteroatoms. The number of hydrogen-bond acceptors (Lipinski definition) is 3. The van der Waals surface area contributed by atoms with Gasteiger partial charge in [0.1, 0.15) is 0 Å². The second-order valence-electron chi connectivity index (χ2n) is 4.27. The topological polar surface area (TPSA) is 55.1 Å². The Kier molecular flexibility index (Phi) is 4.58. The maximum absolute atomic E-state index is 11.3. The average Bonchev–Trinajstić information content (AvgIpc) is 2.83. The summed E-state index contributed by atoms with van der Waals surface area (Å²) >= 11 is 7.47. The predicted molar refractivity (Wildman–Crippen MR) is 79.5 cm³/mol. The van der Waals surface area contributed by atoms with E-state index in [1.807, 2.05) is 30.3 Å². The largest absolute Gasteiger partial charge is 0.366 e. The van der Waals surface area contributed by atoms with Gasteiger partial charge < -0.3 is 11.1 Å². The highest BCUT2D eigenvalue weighted by Gasteiger charge is 2.10. The molecule has 1 amide bonds. The molecule has 0 aliphatic carbocycles. The summed E-state index contributed by atoms with van der Waals surface area (Å²) < 4.78 is 0.779. The van der Waals surface area contributed by atoms with Crippen molar-refractivity contribution in [1.29, 1.82) is 0 Å². The fourth-order valence-electron chi connectivity index (χ4n) is 1.84. The maximum Gasteiger partial charge on any atom is 0.249 e. The van der Waals surface area contributed by atoms with Gasteiger partial charge in [0, 0.05) is 23.0 Å². The van der Waals surface area contributed by atoms with Gasteiger partial charge in [-0.1, -0.05) is 29.8 Å². The molecule has 0 saturated carbocycles. The monoisotopic (exact) mass is 294 g/mol. The van der Waals surface area contributed by atoms with Crippen LogP contribution in [0.25, 0.3) is 0 Å². The molecule has 1 aromatic heterocycles. The van der Waals surface area contributed by atoms with Crippen LogP contribution in [0.15, 0.2) is 36.4 Å². The molecule has 1 heterocycles. The first kappa shape index (κ1) is 14.1. The summed E-state index contributed by atoms with van der Waals surface area (Å²) in [6.07, 6.45) is 0. The molecule has 0 aliphatic heterocycles. The molecule has 0 saturated heterocycles. The summed E-state index contributed by atoms with van der Waals surface area (Å²) in [7, 11) is 0. The minimum atomic E-state index is -0.399. The molecule has 19 heavy (non-hydrogen) atoms. The zero-order valence-corrected chi connectivity index (χ0v) is 12.1. The van der Waals surface area contributed by atoms with Crippen LogP contribution in [0.1, 0.15) is 33.8 Å². The van der Waals surface area contributed by atoms with Crippen LogP contribution in [0.2, 0.25) is 4.34 Å². The van der Waals surface area contributed by atoms with Gasteiger partial charge in [0.15, 0.2) is 0 Å². The van der Waals surface area contributed by atoms with Crippen molar-refractivity contribution in [2.24, 2.45) is 5.73 Å². The van der Waals surface area contributed by atoms with E-state index in [9.17, 15) is 4.79 Å². The summed E-state index contributed by atoms with van der Waals surface area (Å²) in [6, 6.07) is 11.4. The van der Waals surface area contributed by atoms with Crippen molar-refractivity contribution in [2.45, 2.75) is 19.5 Å². The van der Waals surface area contributed by atoms with Gasteiger partial charge in [0.25, 0.3) is 0 Å². The van der Waals surface area contributed by atoms with E-state index in [2.05, 4.69) is 12.2 Å². The van der Waals surface area contributed by atoms with Gasteiger partial charge in [-0.05, 0) is 30.7 Å². The standard InChI is InChI=1S/C14H15ClN2OS/c1-9(12-6-7-13(15)19-12)17-8-10-4-2-3-5-11(10)14(16)18/h2-7,9,17H,8H2,1H3,(H2,16,18). The first-order chi connectivity index (χ1) is 9.08. The smallest absolute Gasteiger partial charge is 0.249 e. The van der Waals surface area contributed by atoms with Crippen LogP contribution in [-0.4, -0.2) is 5.91 Å². The Labute approximate surface area is 121 Å². The zero-order valence-electron chi connectivity index (χ0n) is 10.5. The van der Waals surface area contributed by atoms with E-state index in [1.165, 1.54) is 4.88 Å². The van der Waals surface area contributed by atoms with Crippen molar-refractivity contribution < 1.29 is 4.79 Å². The third kappa shape index (κ3) is 3.56. The van der Waals surface area contributed by atoms with Crippen molar-refractivity contribution in [3.05, 3.63) is 56.7 Å². The number of halogens is 1. The van der Waals surface area contributed by atoms with Crippen molar-refractivity contribution in [3.8, 4) is 0 Å². The number of nitrogens with two attached hydrogens (primary N) is 1. The normalized spacial score (nSPS) is 12.3. The third-order valence-corrected chi connectivity index (χ3v) is 4.32. The number of primary amides is 1. The SMILES string of the molecule is CC(NCc1ccccc1C(N)=O)c1ccc(Cl)s1. The molecule has 0 bridgehead atoms. The van der Waals surface area contributed by atoms with E-state index in [0.717, 1.165) is 9.90 Å². The highest BCUT2D eigenvalue weighted by atomic mass is 35.5. The summed E-state index contributed by atoms with van der Waals surface area (Å²) in [5.41, 5.74) is 6.82. The Morgan fingerprint density at radius 1 is 1.37 bits per heavy atom. The molecule has 100 valence electrons. The number of thiophene rings is 1. The minimum Gasteiger partial charge on any atom is -0.366 e. The molecule has 0 radical (unpaired) electrons. The van der Waals surface area contributed by atoms with Crippen molar-refractivity contribution in [3.63, 3.8) is 0 Å². The summed E-state index contributed by atoms with van der Waals surface area (Å²) in [5, 5.41) is 3.37. The van der Waals surface area contributed by atoms with Crippen molar-refractivity contribution in [2.75, 3.05) is 0 Å². The molecule has 3 nitrogen and oxygen atoms in total. The number of hydrogen-bond donors (Lipinski definition) is 2. The lowest BCUT2D eigenvalue weighted by Crippen LogP contribution is -2.21. The quantitative estimate of drug-likeness (QED) is 0.888. The minimum absolute atomic E-state index is 0.179. The maximum atomic E-state index is 11.3. The number of benzene rings is 1. The molecule has 1 atom stereocenters. The average molecular weight is 295 g/mol. The number of rotatable bonds is 5. The molecule has 0 spiro atoms. The van der Waals surface area contributed by atoms with E-state index in [1.54, 1.807) is 17.4 Å². The molecule has 2 rings (SSSR count). The molecular weight excluding hydrogens is 280 g/mol. The van der Waals surface area contributed by atoms with E-state index < -0.39 is 5.91 Å². The highest BCUT2D eigenvalue weighted by Crippen LogP contribution is 2.26. The molecule has 0 aliphatic rings. The van der Waals surface area contributed by atoms with Gasteiger partial charge in [-0.3, -0.25) is 4.79 Å². The third-order valence-electron chi connectivity index (χ3n) is 2.90. The van der Waals surface area contributed by atoms with Crippen LogP contribution in [0.3, 0.4) is 0 Å². The number of nitrogens with one attached hydrogen (secondary N) is 1. The number of carbonyl (C=O) groups excluding carboxylic acids is 1. The molecule has 3 N–H and O–H groups in total. The molecule has 1 unspecified atom stereocenters. The lowest BCUT2D eigenvalue weighted by Gasteiger charge is -2.13. The molecule has 2 aromatic rings. The van der Waals surface area contributed by atoms with E-state index >= 15 is 0 Å². The van der Waals surface area contributed by atoms with E-state index in [-0.39, 0.29) is 6.04 Å². The fourth-order valence-corrected chi connectivity index (χ4v) is 2.93. The lowest BCUT2D eigenvalue weighted by molar-refractivity contribution is 0.0999. The predicted octanol–water partition coefficient (Wildman–Crippen LogP) is 3.35. The Balaban J connectivity index is 2.05. The highest BCUT2D eigenvalue weighted by molar-refractivity contribution is 7.16. The number of carbonyl (C=O) groups is 1. The zero-order chi connectivity index (χ0) is 13.8. The van der Waals surface area contributed by atoms with Gasteiger partial charge in [-0.25, -0.2) is 0 Å². The number of amides is 1.